The van der Waals surface area contributed by atoms with Crippen LogP contribution in [-0.4, -0.2) is 52.4 Å². The first-order valence-corrected chi connectivity index (χ1v) is 6.75. The van der Waals surface area contributed by atoms with Gasteiger partial charge in [-0.05, 0) is 0 Å². The Bertz CT molecular complexity index is 6.00. The predicted octanol–water partition coefficient (Wildman–Crippen LogP) is -2.22. The molecule has 0 aromatic carbocycles. The second-order valence-corrected chi connectivity index (χ2v) is 0. The van der Waals surface area contributed by atoms with E-state index in [0.717, 1.165) is 0 Å². The van der Waals surface area contributed by atoms with Crippen LogP contribution in [0.1, 0.15) is 0 Å². The van der Waals surface area contributed by atoms with Gasteiger partial charge in [-0.3, -0.25) is 0 Å². The largest absolute Gasteiger partial charge is 0 e. The van der Waals surface area contributed by atoms with Crippen LogP contribution >= 0.6 is 0 Å². The molecule has 4 heteroatoms. The van der Waals surface area contributed by atoms with Crippen molar-refractivity contribution >= 4 is 52.4 Å². The zero-order valence-electron chi connectivity index (χ0n) is 2.41. The van der Waals surface area contributed by atoms with Crippen LogP contribution in [0.2, 0.25) is 0 Å². The Morgan fingerprint density at radius 2 is 1.00 bits per heavy atom. The van der Waals surface area contributed by atoms with Crippen LogP contribution in [-0.2, 0) is 19.5 Å². The second-order valence-electron chi connectivity index (χ2n) is 0. The maximum Gasteiger partial charge on any atom is 0 e. The molecular weight excluding hydrogens is 334 g/mol. The zero-order valence-corrected chi connectivity index (χ0v) is 13.6. The van der Waals surface area contributed by atoms with Crippen molar-refractivity contribution in [2.75, 3.05) is 0 Å². The predicted molar refractivity (Wildman–Crippen MR) is 22.8 cm³/mol. The van der Waals surface area contributed by atoms with E-state index >= 15 is 0 Å². The molecule has 0 saturated carbocycles. The van der Waals surface area contributed by atoms with Crippen LogP contribution in [0, 0.1) is 0 Å². The van der Waals surface area contributed by atoms with E-state index in [2.05, 4.69) is 0 Å². The van der Waals surface area contributed by atoms with E-state index in [-0.39, 0.29) is 43.4 Å². The van der Waals surface area contributed by atoms with Crippen molar-refractivity contribution in [2.24, 2.45) is 0 Å². The summed E-state index contributed by atoms with van der Waals surface area (Å²) in [5.41, 5.74) is 0. The fourth-order valence-electron chi connectivity index (χ4n) is 0. The van der Waals surface area contributed by atoms with Gasteiger partial charge < -0.3 is 0 Å². The fourth-order valence-corrected chi connectivity index (χ4v) is 0. The van der Waals surface area contributed by atoms with Crippen molar-refractivity contribution in [3.05, 3.63) is 0 Å². The van der Waals surface area contributed by atoms with Crippen molar-refractivity contribution in [3.63, 3.8) is 0 Å². The summed E-state index contributed by atoms with van der Waals surface area (Å²) >= 11 is 4.00. The van der Waals surface area contributed by atoms with Gasteiger partial charge in [0.15, 0.2) is 0 Å². The maximum atomic E-state index is 2.00. The number of hydrogen-bond donors (Lipinski definition) is 0. The van der Waals surface area contributed by atoms with Gasteiger partial charge in [-0.2, -0.15) is 0 Å². The normalized spacial score (nSPS) is 1.00. The van der Waals surface area contributed by atoms with E-state index in [9.17, 15) is 0 Å². The van der Waals surface area contributed by atoms with Gasteiger partial charge in [0.2, 0.25) is 0 Å². The van der Waals surface area contributed by atoms with E-state index < -0.39 is 0 Å². The second kappa shape index (κ2) is 17.7. The molecule has 0 rings (SSSR count). The molecule has 2 radical (unpaired) electrons. The standard InChI is InChI=1S/As2H2.Sn.Zn.2H/c1-2;;;;/h1-2H;;;;. The molecular formula is H4As2SnZn. The molecule has 0 amide bonds. The van der Waals surface area contributed by atoms with Crippen LogP contribution in [0.15, 0.2) is 0 Å². The van der Waals surface area contributed by atoms with Gasteiger partial charge in [0.25, 0.3) is 0 Å². The molecule has 0 N–H and O–H groups in total. The van der Waals surface area contributed by atoms with E-state index in [1.165, 1.54) is 0 Å². The Labute approximate surface area is 70.8 Å². The molecule has 0 unspecified atom stereocenters. The van der Waals surface area contributed by atoms with Crippen LogP contribution in [0.4, 0.5) is 0 Å². The average Bonchev–Trinajstić information content (AvgIpc) is 1.00. The third kappa shape index (κ3) is 8.82. The molecule has 0 aliphatic rings. The van der Waals surface area contributed by atoms with Gasteiger partial charge >= 0.3 is 52.4 Å². The van der Waals surface area contributed by atoms with E-state index in [1.807, 2.05) is 28.5 Å². The van der Waals surface area contributed by atoms with Crippen molar-refractivity contribution in [3.8, 4) is 0 Å². The summed E-state index contributed by atoms with van der Waals surface area (Å²) in [6.07, 6.45) is 0. The molecule has 0 saturated heterocycles. The van der Waals surface area contributed by atoms with Gasteiger partial charge in [0.1, 0.15) is 0 Å². The van der Waals surface area contributed by atoms with E-state index in [4.69, 9.17) is 0 Å². The Morgan fingerprint density at radius 3 is 1.00 bits per heavy atom. The van der Waals surface area contributed by atoms with Crippen LogP contribution in [0.25, 0.3) is 0 Å². The Balaban J connectivity index is -0.00000000500. The summed E-state index contributed by atoms with van der Waals surface area (Å²) in [5, 5.41) is 0. The van der Waals surface area contributed by atoms with Crippen LogP contribution in [0.5, 0.6) is 0 Å². The molecule has 0 aromatic rings. The molecule has 20 valence electrons. The van der Waals surface area contributed by atoms with Crippen molar-refractivity contribution in [1.82, 2.24) is 0 Å². The Morgan fingerprint density at radius 1 is 1.00 bits per heavy atom. The van der Waals surface area contributed by atoms with Gasteiger partial charge in [-0.25, -0.2) is 0 Å². The molecule has 0 atom stereocenters. The summed E-state index contributed by atoms with van der Waals surface area (Å²) in [7, 11) is 0. The summed E-state index contributed by atoms with van der Waals surface area (Å²) in [5.74, 6) is 0. The summed E-state index contributed by atoms with van der Waals surface area (Å²) < 4.78 is 0. The van der Waals surface area contributed by atoms with Crippen molar-refractivity contribution < 1.29 is 19.5 Å². The first kappa shape index (κ1) is 16.0. The molecule has 0 aliphatic carbocycles. The molecule has 0 aliphatic heterocycles. The summed E-state index contributed by atoms with van der Waals surface area (Å²) in [6.45, 7) is 0. The van der Waals surface area contributed by atoms with E-state index in [0.29, 0.717) is 0 Å². The maximum absolute atomic E-state index is 2.00. The van der Waals surface area contributed by atoms with Crippen LogP contribution < -0.4 is 0 Å². The first-order chi connectivity index (χ1) is 1.00. The number of rotatable bonds is 0. The zero-order chi connectivity index (χ0) is 2.00. The quantitative estimate of drug-likeness (QED) is 0.440. The van der Waals surface area contributed by atoms with Crippen LogP contribution in [0.3, 0.4) is 0 Å². The molecule has 4 heavy (non-hydrogen) atoms. The molecule has 0 spiro atoms. The Kier molecular flexibility index (Phi) is 70.9. The molecule has 0 aromatic heterocycles. The molecule has 0 nitrogen and oxygen atoms in total. The smallest absolute Gasteiger partial charge is 0 e. The summed E-state index contributed by atoms with van der Waals surface area (Å²) in [6, 6.07) is 0. The van der Waals surface area contributed by atoms with Gasteiger partial charge in [-0.15, -0.1) is 0 Å². The third-order valence-electron chi connectivity index (χ3n) is 0. The first-order valence-electron chi connectivity index (χ1n) is 0.250. The SMILES string of the molecule is [AsH]=[AsH].[SnH2].[Zn]. The van der Waals surface area contributed by atoms with Crippen molar-refractivity contribution in [2.45, 2.75) is 0 Å². The monoisotopic (exact) mass is 338 g/mol. The summed E-state index contributed by atoms with van der Waals surface area (Å²) in [4.78, 5) is 0. The van der Waals surface area contributed by atoms with Gasteiger partial charge in [0, 0.05) is 19.5 Å². The Hall–Kier alpha value is 2.54. The fraction of sp³-hybridized carbons (Fsp3) is 0. The minimum Gasteiger partial charge on any atom is 0 e. The topological polar surface area (TPSA) is 0 Å². The third-order valence-corrected chi connectivity index (χ3v) is 0. The molecule has 0 heterocycles. The number of hydrogen-bond acceptors (Lipinski definition) is 0. The minimum atomic E-state index is 0. The molecule has 0 bridgehead atoms. The minimum absolute atomic E-state index is 0. The average molecular weight is 338 g/mol. The van der Waals surface area contributed by atoms with E-state index in [1.54, 1.807) is 0 Å². The van der Waals surface area contributed by atoms with Gasteiger partial charge in [-0.1, -0.05) is 0 Å². The molecule has 0 fully saturated rings. The van der Waals surface area contributed by atoms with Gasteiger partial charge in [0.05, 0.1) is 0 Å². The van der Waals surface area contributed by atoms with Crippen molar-refractivity contribution in [1.29, 1.82) is 0 Å².